The molecule has 0 aliphatic carbocycles. The van der Waals surface area contributed by atoms with Crippen molar-refractivity contribution in [3.63, 3.8) is 0 Å². The predicted molar refractivity (Wildman–Crippen MR) is 84.3 cm³/mol. The summed E-state index contributed by atoms with van der Waals surface area (Å²) >= 11 is 1.52. The van der Waals surface area contributed by atoms with Crippen LogP contribution in [0, 0.1) is 13.8 Å². The fourth-order valence-electron chi connectivity index (χ4n) is 1.96. The largest absolute Gasteiger partial charge is 0.464 e. The van der Waals surface area contributed by atoms with Crippen LogP contribution in [-0.4, -0.2) is 21.6 Å². The number of thioether (sulfide) groups is 1. The lowest BCUT2D eigenvalue weighted by Crippen LogP contribution is -2.12. The monoisotopic (exact) mass is 305 g/mol. The molecule has 0 aliphatic heterocycles. The number of hydrogen-bond acceptors (Lipinski definition) is 7. The smallest absolute Gasteiger partial charge is 0.322 e. The Bertz CT molecular complexity index is 600. The number of hydrazine groups is 1. The van der Waals surface area contributed by atoms with Gasteiger partial charge in [0.15, 0.2) is 5.16 Å². The van der Waals surface area contributed by atoms with E-state index in [4.69, 9.17) is 10.6 Å². The van der Waals surface area contributed by atoms with Gasteiger partial charge in [0, 0.05) is 5.75 Å². The average molecular weight is 305 g/mol. The number of ether oxygens (including phenoxy) is 1. The number of aromatic nitrogens is 3. The first-order chi connectivity index (χ1) is 10.1. The molecule has 0 fully saturated rings. The summed E-state index contributed by atoms with van der Waals surface area (Å²) in [6.07, 6.45) is 0. The number of benzene rings is 1. The lowest BCUT2D eigenvalue weighted by molar-refractivity contribution is 0.308. The molecule has 1 aromatic heterocycles. The van der Waals surface area contributed by atoms with Crippen molar-refractivity contribution >= 4 is 17.7 Å². The Hall–Kier alpha value is -1.86. The highest BCUT2D eigenvalue weighted by atomic mass is 32.2. The average Bonchev–Trinajstić information content (AvgIpc) is 2.44. The number of aryl methyl sites for hydroxylation is 2. The second-order valence-electron chi connectivity index (χ2n) is 4.59. The van der Waals surface area contributed by atoms with E-state index in [1.54, 1.807) is 0 Å². The van der Waals surface area contributed by atoms with Crippen LogP contribution < -0.4 is 16.0 Å². The van der Waals surface area contributed by atoms with Crippen LogP contribution in [0.2, 0.25) is 0 Å². The Morgan fingerprint density at radius 2 is 1.86 bits per heavy atom. The van der Waals surface area contributed by atoms with E-state index in [1.165, 1.54) is 28.5 Å². The van der Waals surface area contributed by atoms with Gasteiger partial charge in [0.1, 0.15) is 0 Å². The summed E-state index contributed by atoms with van der Waals surface area (Å²) in [5.41, 5.74) is 6.16. The molecule has 0 saturated heterocycles. The van der Waals surface area contributed by atoms with Crippen LogP contribution in [0.4, 0.5) is 5.95 Å². The first kappa shape index (κ1) is 15.5. The van der Waals surface area contributed by atoms with Crippen LogP contribution in [0.5, 0.6) is 6.01 Å². The van der Waals surface area contributed by atoms with Gasteiger partial charge in [0.2, 0.25) is 5.95 Å². The zero-order chi connectivity index (χ0) is 15.2. The van der Waals surface area contributed by atoms with Gasteiger partial charge >= 0.3 is 6.01 Å². The number of anilines is 1. The predicted octanol–water partition coefficient (Wildman–Crippen LogP) is 2.47. The van der Waals surface area contributed by atoms with Crippen LogP contribution in [0.15, 0.2) is 23.4 Å². The molecular weight excluding hydrogens is 286 g/mol. The second-order valence-corrected chi connectivity index (χ2v) is 5.53. The van der Waals surface area contributed by atoms with Crippen molar-refractivity contribution in [3.05, 3.63) is 34.9 Å². The van der Waals surface area contributed by atoms with Crippen molar-refractivity contribution in [3.8, 4) is 6.01 Å². The quantitative estimate of drug-likeness (QED) is 0.481. The van der Waals surface area contributed by atoms with Gasteiger partial charge in [-0.15, -0.1) is 0 Å². The van der Waals surface area contributed by atoms with Gasteiger partial charge in [-0.2, -0.15) is 15.0 Å². The zero-order valence-electron chi connectivity index (χ0n) is 12.4. The van der Waals surface area contributed by atoms with Crippen LogP contribution in [0.1, 0.15) is 23.6 Å². The summed E-state index contributed by atoms with van der Waals surface area (Å²) in [5.74, 6) is 6.45. The Balaban J connectivity index is 2.13. The van der Waals surface area contributed by atoms with Crippen molar-refractivity contribution in [2.75, 3.05) is 12.0 Å². The molecule has 0 saturated carbocycles. The maximum atomic E-state index is 5.36. The normalized spacial score (nSPS) is 10.5. The van der Waals surface area contributed by atoms with Gasteiger partial charge in [-0.3, -0.25) is 5.43 Å². The highest BCUT2D eigenvalue weighted by Crippen LogP contribution is 2.23. The van der Waals surface area contributed by atoms with Crippen molar-refractivity contribution in [2.24, 2.45) is 5.84 Å². The summed E-state index contributed by atoms with van der Waals surface area (Å²) in [6.45, 7) is 6.55. The zero-order valence-corrected chi connectivity index (χ0v) is 13.2. The first-order valence-electron chi connectivity index (χ1n) is 6.66. The van der Waals surface area contributed by atoms with E-state index in [1.807, 2.05) is 6.92 Å². The van der Waals surface area contributed by atoms with Gasteiger partial charge in [0.05, 0.1) is 6.61 Å². The van der Waals surface area contributed by atoms with Crippen molar-refractivity contribution in [2.45, 2.75) is 31.7 Å². The van der Waals surface area contributed by atoms with Crippen LogP contribution in [0.25, 0.3) is 0 Å². The molecule has 6 nitrogen and oxygen atoms in total. The molecule has 0 spiro atoms. The topological polar surface area (TPSA) is 86.0 Å². The van der Waals surface area contributed by atoms with Crippen LogP contribution in [-0.2, 0) is 5.75 Å². The molecule has 2 aromatic rings. The number of rotatable bonds is 6. The highest BCUT2D eigenvalue weighted by Gasteiger charge is 2.08. The summed E-state index contributed by atoms with van der Waals surface area (Å²) in [6, 6.07) is 6.75. The molecule has 0 bridgehead atoms. The van der Waals surface area contributed by atoms with E-state index in [9.17, 15) is 0 Å². The Morgan fingerprint density at radius 3 is 2.48 bits per heavy atom. The molecule has 3 N–H and O–H groups in total. The SMILES string of the molecule is CCOc1nc(NN)nc(SCc2cc(C)cc(C)c2)n1. The summed E-state index contributed by atoms with van der Waals surface area (Å²) < 4.78 is 5.31. The fourth-order valence-corrected chi connectivity index (χ4v) is 2.72. The third-order valence-corrected chi connectivity index (χ3v) is 3.56. The van der Waals surface area contributed by atoms with Gasteiger partial charge in [-0.05, 0) is 26.3 Å². The van der Waals surface area contributed by atoms with Crippen LogP contribution >= 0.6 is 11.8 Å². The van der Waals surface area contributed by atoms with E-state index in [-0.39, 0.29) is 6.01 Å². The minimum absolute atomic E-state index is 0.281. The minimum atomic E-state index is 0.281. The number of nitrogens with two attached hydrogens (primary N) is 1. The number of nitrogens with zero attached hydrogens (tertiary/aromatic N) is 3. The number of nitrogen functional groups attached to an aromatic ring is 1. The molecule has 0 amide bonds. The van der Waals surface area contributed by atoms with Crippen molar-refractivity contribution < 1.29 is 4.74 Å². The fraction of sp³-hybridized carbons (Fsp3) is 0.357. The first-order valence-corrected chi connectivity index (χ1v) is 7.64. The van der Waals surface area contributed by atoms with Gasteiger partial charge in [0.25, 0.3) is 0 Å². The Labute approximate surface area is 128 Å². The van der Waals surface area contributed by atoms with E-state index < -0.39 is 0 Å². The minimum Gasteiger partial charge on any atom is -0.464 e. The summed E-state index contributed by atoms with van der Waals surface area (Å²) in [4.78, 5) is 12.5. The molecule has 0 radical (unpaired) electrons. The maximum absolute atomic E-state index is 5.36. The summed E-state index contributed by atoms with van der Waals surface area (Å²) in [5, 5.41) is 0.584. The molecule has 7 heteroatoms. The van der Waals surface area contributed by atoms with E-state index in [0.29, 0.717) is 17.7 Å². The lowest BCUT2D eigenvalue weighted by Gasteiger charge is -2.07. The molecule has 0 unspecified atom stereocenters. The molecule has 21 heavy (non-hydrogen) atoms. The van der Waals surface area contributed by atoms with Crippen molar-refractivity contribution in [1.29, 1.82) is 0 Å². The molecule has 112 valence electrons. The summed E-state index contributed by atoms with van der Waals surface area (Å²) in [7, 11) is 0. The van der Waals surface area contributed by atoms with Gasteiger partial charge < -0.3 is 4.74 Å². The van der Waals surface area contributed by atoms with E-state index in [2.05, 4.69) is 52.4 Å². The number of nitrogens with one attached hydrogen (secondary N) is 1. The third kappa shape index (κ3) is 4.57. The molecule has 1 heterocycles. The molecule has 0 aliphatic rings. The van der Waals surface area contributed by atoms with Gasteiger partial charge in [-0.25, -0.2) is 5.84 Å². The highest BCUT2D eigenvalue weighted by molar-refractivity contribution is 7.98. The Kier molecular flexibility index (Phi) is 5.35. The Morgan fingerprint density at radius 1 is 1.14 bits per heavy atom. The van der Waals surface area contributed by atoms with Crippen LogP contribution in [0.3, 0.4) is 0 Å². The molecule has 0 atom stereocenters. The molecular formula is C14H19N5OS. The maximum Gasteiger partial charge on any atom is 0.322 e. The van der Waals surface area contributed by atoms with Gasteiger partial charge in [-0.1, -0.05) is 41.1 Å². The van der Waals surface area contributed by atoms with E-state index in [0.717, 1.165) is 5.75 Å². The molecule has 2 rings (SSSR count). The third-order valence-electron chi connectivity index (χ3n) is 2.65. The van der Waals surface area contributed by atoms with E-state index >= 15 is 0 Å². The lowest BCUT2D eigenvalue weighted by atomic mass is 10.1. The van der Waals surface area contributed by atoms with Crippen molar-refractivity contribution in [1.82, 2.24) is 15.0 Å². The molecule has 1 aromatic carbocycles. The number of hydrogen-bond donors (Lipinski definition) is 2. The standard InChI is InChI=1S/C14H19N5OS/c1-4-20-13-16-12(19-15)17-14(18-13)21-8-11-6-9(2)5-10(3)7-11/h5-7H,4,8,15H2,1-3H3,(H,16,17,18,19). The second kappa shape index (κ2) is 7.24.